The van der Waals surface area contributed by atoms with Crippen LogP contribution in [-0.2, 0) is 0 Å². The van der Waals surface area contributed by atoms with Crippen molar-refractivity contribution in [1.82, 2.24) is 4.98 Å². The van der Waals surface area contributed by atoms with E-state index in [2.05, 4.69) is 10.3 Å². The maximum Gasteiger partial charge on any atom is 0.259 e. The lowest BCUT2D eigenvalue weighted by molar-refractivity contribution is 0.102. The average molecular weight is 364 g/mol. The number of amides is 1. The quantitative estimate of drug-likeness (QED) is 0.703. The summed E-state index contributed by atoms with van der Waals surface area (Å²) in [6.45, 7) is 0. The van der Waals surface area contributed by atoms with Gasteiger partial charge in [-0.05, 0) is 60.7 Å². The third kappa shape index (κ3) is 4.06. The Labute approximate surface area is 154 Å². The Balaban J connectivity index is 1.57. The van der Waals surface area contributed by atoms with Crippen LogP contribution in [0.5, 0.6) is 11.5 Å². The molecule has 6 heteroatoms. The Hall–Kier alpha value is -3.41. The number of hydrogen-bond donors (Lipinski definition) is 2. The van der Waals surface area contributed by atoms with Gasteiger partial charge in [0.15, 0.2) is 0 Å². The maximum atomic E-state index is 13.7. The summed E-state index contributed by atoms with van der Waals surface area (Å²) in [5.41, 5.74) is 1.28. The van der Waals surface area contributed by atoms with Crippen molar-refractivity contribution in [2.75, 3.05) is 5.32 Å². The monoisotopic (exact) mass is 364 g/mol. The zero-order valence-electron chi connectivity index (χ0n) is 14.4. The molecule has 1 amide bonds. The van der Waals surface area contributed by atoms with Gasteiger partial charge in [-0.25, -0.2) is 4.39 Å². The molecule has 1 saturated carbocycles. The largest absolute Gasteiger partial charge is 0.457 e. The Morgan fingerprint density at radius 3 is 2.56 bits per heavy atom. The number of H-pyrrole nitrogens is 1. The highest BCUT2D eigenvalue weighted by Crippen LogP contribution is 2.40. The second-order valence-corrected chi connectivity index (χ2v) is 6.48. The predicted octanol–water partition coefficient (Wildman–Crippen LogP) is 4.44. The van der Waals surface area contributed by atoms with Crippen LogP contribution in [0.4, 0.5) is 10.1 Å². The van der Waals surface area contributed by atoms with Crippen molar-refractivity contribution in [3.8, 4) is 11.5 Å². The fraction of sp³-hybridized carbons (Fsp3) is 0.143. The maximum absolute atomic E-state index is 13.7. The van der Waals surface area contributed by atoms with Crippen LogP contribution in [0, 0.1) is 5.82 Å². The normalized spacial score (nSPS) is 13.2. The lowest BCUT2D eigenvalue weighted by Crippen LogP contribution is -2.15. The van der Waals surface area contributed by atoms with E-state index in [9.17, 15) is 14.0 Å². The molecule has 0 spiro atoms. The first-order valence-corrected chi connectivity index (χ1v) is 8.66. The van der Waals surface area contributed by atoms with Crippen molar-refractivity contribution in [2.24, 2.45) is 0 Å². The summed E-state index contributed by atoms with van der Waals surface area (Å²) in [6.07, 6.45) is 3.85. The first-order chi connectivity index (χ1) is 13.1. The number of benzene rings is 2. The van der Waals surface area contributed by atoms with Crippen LogP contribution in [0.3, 0.4) is 0 Å². The molecule has 136 valence electrons. The van der Waals surface area contributed by atoms with Crippen molar-refractivity contribution in [3.63, 3.8) is 0 Å². The molecule has 0 atom stereocenters. The molecule has 0 bridgehead atoms. The van der Waals surface area contributed by atoms with Crippen LogP contribution in [0.2, 0.25) is 0 Å². The highest BCUT2D eigenvalue weighted by molar-refractivity contribution is 6.06. The summed E-state index contributed by atoms with van der Waals surface area (Å²) in [5.74, 6) is 0.321. The smallest absolute Gasteiger partial charge is 0.259 e. The third-order valence-corrected chi connectivity index (χ3v) is 4.38. The minimum Gasteiger partial charge on any atom is -0.457 e. The molecule has 2 aromatic carbocycles. The average Bonchev–Trinajstić information content (AvgIpc) is 3.49. The predicted molar refractivity (Wildman–Crippen MR) is 99.9 cm³/mol. The number of aromatic amines is 1. The molecule has 0 unspecified atom stereocenters. The van der Waals surface area contributed by atoms with Gasteiger partial charge in [0.05, 0.1) is 5.56 Å². The van der Waals surface area contributed by atoms with Crippen molar-refractivity contribution in [1.29, 1.82) is 0 Å². The van der Waals surface area contributed by atoms with E-state index in [1.54, 1.807) is 0 Å². The van der Waals surface area contributed by atoms with Crippen LogP contribution in [0.1, 0.15) is 34.7 Å². The third-order valence-electron chi connectivity index (χ3n) is 4.38. The standard InChI is InChI=1S/C21H17FN2O3/c22-15-5-8-19(27-17-6-3-14(4-7-17)13-1-2-13)18(11-15)21(26)24-16-9-10-23-20(25)12-16/h3-13H,1-2H2,(H2,23,24,25,26). The molecule has 5 nitrogen and oxygen atoms in total. The van der Waals surface area contributed by atoms with Crippen LogP contribution >= 0.6 is 0 Å². The minimum absolute atomic E-state index is 0.0431. The number of carbonyl (C=O) groups is 1. The molecule has 0 saturated heterocycles. The number of anilines is 1. The van der Waals surface area contributed by atoms with Crippen molar-refractivity contribution in [3.05, 3.63) is 88.1 Å². The first-order valence-electron chi connectivity index (χ1n) is 8.66. The van der Waals surface area contributed by atoms with Gasteiger partial charge >= 0.3 is 0 Å². The molecule has 1 heterocycles. The van der Waals surface area contributed by atoms with Crippen LogP contribution in [0.15, 0.2) is 65.6 Å². The van der Waals surface area contributed by atoms with Gasteiger partial charge in [0.2, 0.25) is 5.56 Å². The molecule has 27 heavy (non-hydrogen) atoms. The number of carbonyl (C=O) groups excluding carboxylic acids is 1. The second kappa shape index (κ2) is 7.07. The fourth-order valence-corrected chi connectivity index (χ4v) is 2.84. The van der Waals surface area contributed by atoms with E-state index in [1.165, 1.54) is 48.9 Å². The molecule has 1 aliphatic rings. The van der Waals surface area contributed by atoms with E-state index in [0.717, 1.165) is 6.07 Å². The van der Waals surface area contributed by atoms with Crippen LogP contribution < -0.4 is 15.6 Å². The van der Waals surface area contributed by atoms with E-state index in [1.807, 2.05) is 24.3 Å². The van der Waals surface area contributed by atoms with Gasteiger partial charge in [0, 0.05) is 18.0 Å². The molecular weight excluding hydrogens is 347 g/mol. The molecule has 1 fully saturated rings. The highest BCUT2D eigenvalue weighted by Gasteiger charge is 2.23. The van der Waals surface area contributed by atoms with E-state index in [0.29, 0.717) is 17.4 Å². The zero-order chi connectivity index (χ0) is 18.8. The van der Waals surface area contributed by atoms with E-state index < -0.39 is 11.7 Å². The Morgan fingerprint density at radius 1 is 1.07 bits per heavy atom. The molecule has 2 N–H and O–H groups in total. The lowest BCUT2D eigenvalue weighted by Gasteiger charge is -2.12. The van der Waals surface area contributed by atoms with Gasteiger partial charge < -0.3 is 15.0 Å². The number of rotatable bonds is 5. The fourth-order valence-electron chi connectivity index (χ4n) is 2.84. The van der Waals surface area contributed by atoms with E-state index in [-0.39, 0.29) is 16.9 Å². The van der Waals surface area contributed by atoms with Crippen molar-refractivity contribution in [2.45, 2.75) is 18.8 Å². The Morgan fingerprint density at radius 2 is 1.85 bits per heavy atom. The number of halogens is 1. The van der Waals surface area contributed by atoms with Gasteiger partial charge in [0.25, 0.3) is 5.91 Å². The number of pyridine rings is 1. The molecular formula is C21H17FN2O3. The summed E-state index contributed by atoms with van der Waals surface area (Å²) in [4.78, 5) is 26.4. The van der Waals surface area contributed by atoms with Gasteiger partial charge in [-0.3, -0.25) is 9.59 Å². The molecule has 3 aromatic rings. The van der Waals surface area contributed by atoms with Gasteiger partial charge in [0.1, 0.15) is 17.3 Å². The minimum atomic E-state index is -0.565. The zero-order valence-corrected chi connectivity index (χ0v) is 14.4. The van der Waals surface area contributed by atoms with Gasteiger partial charge in [-0.1, -0.05) is 12.1 Å². The summed E-state index contributed by atoms with van der Waals surface area (Å²) in [5, 5.41) is 2.58. The molecule has 1 aliphatic carbocycles. The molecule has 0 aliphatic heterocycles. The van der Waals surface area contributed by atoms with Crippen LogP contribution in [0.25, 0.3) is 0 Å². The number of aromatic nitrogens is 1. The van der Waals surface area contributed by atoms with Gasteiger partial charge in [-0.15, -0.1) is 0 Å². The van der Waals surface area contributed by atoms with Crippen molar-refractivity contribution >= 4 is 11.6 Å². The van der Waals surface area contributed by atoms with Gasteiger partial charge in [-0.2, -0.15) is 0 Å². The molecule has 4 rings (SSSR count). The first kappa shape index (κ1) is 17.0. The highest BCUT2D eigenvalue weighted by atomic mass is 19.1. The summed E-state index contributed by atoms with van der Waals surface area (Å²) in [6, 6.07) is 14.2. The number of ether oxygens (including phenoxy) is 1. The van der Waals surface area contributed by atoms with E-state index >= 15 is 0 Å². The second-order valence-electron chi connectivity index (χ2n) is 6.48. The van der Waals surface area contributed by atoms with E-state index in [4.69, 9.17) is 4.74 Å². The summed E-state index contributed by atoms with van der Waals surface area (Å²) in [7, 11) is 0. The summed E-state index contributed by atoms with van der Waals surface area (Å²) < 4.78 is 19.5. The molecule has 1 aromatic heterocycles. The van der Waals surface area contributed by atoms with Crippen LogP contribution in [-0.4, -0.2) is 10.9 Å². The number of hydrogen-bond acceptors (Lipinski definition) is 3. The van der Waals surface area contributed by atoms with Crippen molar-refractivity contribution < 1.29 is 13.9 Å². The summed E-state index contributed by atoms with van der Waals surface area (Å²) >= 11 is 0. The topological polar surface area (TPSA) is 71.2 Å². The Bertz CT molecular complexity index is 1040. The number of nitrogens with one attached hydrogen (secondary N) is 2. The Kier molecular flexibility index (Phi) is 4.46. The molecule has 0 radical (unpaired) electrons. The lowest BCUT2D eigenvalue weighted by atomic mass is 10.1. The SMILES string of the molecule is O=C(Nc1cc[nH]c(=O)c1)c1cc(F)ccc1Oc1ccc(C2CC2)cc1.